The number of methoxy groups -OCH3 is 1. The molecular formula is C22H27ClN4O2. The van der Waals surface area contributed by atoms with Crippen LogP contribution >= 0.6 is 11.6 Å². The molecule has 0 radical (unpaired) electrons. The number of hydrogen-bond donors (Lipinski definition) is 1. The summed E-state index contributed by atoms with van der Waals surface area (Å²) in [6.07, 6.45) is 0. The maximum Gasteiger partial charge on any atom is 0.256 e. The van der Waals surface area contributed by atoms with E-state index in [4.69, 9.17) is 21.3 Å². The number of pyridine rings is 1. The number of ether oxygens (including phenoxy) is 1. The third-order valence-electron chi connectivity index (χ3n) is 4.71. The van der Waals surface area contributed by atoms with E-state index in [-0.39, 0.29) is 17.4 Å². The van der Waals surface area contributed by atoms with Gasteiger partial charge in [0.15, 0.2) is 5.65 Å². The average Bonchev–Trinajstić information content (AvgIpc) is 2.98. The fraction of sp³-hybridized carbons (Fsp3) is 0.409. The molecule has 0 aliphatic rings. The monoisotopic (exact) mass is 414 g/mol. The molecule has 29 heavy (non-hydrogen) atoms. The predicted molar refractivity (Wildman–Crippen MR) is 117 cm³/mol. The Hall–Kier alpha value is -2.60. The molecule has 0 fully saturated rings. The zero-order valence-corrected chi connectivity index (χ0v) is 18.7. The fourth-order valence-corrected chi connectivity index (χ4v) is 3.39. The van der Waals surface area contributed by atoms with Crippen molar-refractivity contribution in [2.45, 2.75) is 53.0 Å². The highest BCUT2D eigenvalue weighted by atomic mass is 35.5. The Morgan fingerprint density at radius 2 is 1.93 bits per heavy atom. The van der Waals surface area contributed by atoms with Gasteiger partial charge in [0, 0.05) is 10.7 Å². The van der Waals surface area contributed by atoms with Gasteiger partial charge in [0.25, 0.3) is 5.91 Å². The second-order valence-corrected chi connectivity index (χ2v) is 8.85. The molecule has 6 nitrogen and oxygen atoms in total. The van der Waals surface area contributed by atoms with Gasteiger partial charge in [0.05, 0.1) is 35.0 Å². The van der Waals surface area contributed by atoms with Crippen LogP contribution < -0.4 is 10.1 Å². The van der Waals surface area contributed by atoms with E-state index in [1.54, 1.807) is 25.3 Å². The Bertz CT molecular complexity index is 1080. The summed E-state index contributed by atoms with van der Waals surface area (Å²) in [5.74, 6) is 0.450. The van der Waals surface area contributed by atoms with Crippen molar-refractivity contribution >= 4 is 34.2 Å². The van der Waals surface area contributed by atoms with Crippen molar-refractivity contribution in [2.75, 3.05) is 12.4 Å². The second kappa shape index (κ2) is 7.67. The van der Waals surface area contributed by atoms with Crippen LogP contribution in [0.1, 0.15) is 62.3 Å². The Labute approximate surface area is 176 Å². The van der Waals surface area contributed by atoms with E-state index in [2.05, 4.69) is 45.0 Å². The first kappa shape index (κ1) is 21.1. The molecule has 0 aliphatic heterocycles. The second-order valence-electron chi connectivity index (χ2n) is 8.41. The standard InChI is InChI=1S/C22H27ClN4O2/c1-12(2)16-11-15(19-13(3)26-27(20(19)24-16)22(4,5)6)21(28)25-17-10-14(23)8-9-18(17)29-7/h8-12H,1-7H3,(H,25,28). The number of hydrogen-bond acceptors (Lipinski definition) is 4. The van der Waals surface area contributed by atoms with Gasteiger partial charge in [-0.2, -0.15) is 5.10 Å². The van der Waals surface area contributed by atoms with Crippen molar-refractivity contribution in [1.82, 2.24) is 14.8 Å². The molecule has 1 amide bonds. The molecular weight excluding hydrogens is 388 g/mol. The number of nitrogens with zero attached hydrogens (tertiary/aromatic N) is 3. The van der Waals surface area contributed by atoms with Gasteiger partial charge in [-0.15, -0.1) is 0 Å². The highest BCUT2D eigenvalue weighted by Gasteiger charge is 2.25. The van der Waals surface area contributed by atoms with Crippen LogP contribution in [0.15, 0.2) is 24.3 Å². The molecule has 3 aromatic rings. The lowest BCUT2D eigenvalue weighted by Crippen LogP contribution is -2.24. The summed E-state index contributed by atoms with van der Waals surface area (Å²) >= 11 is 6.11. The first-order chi connectivity index (χ1) is 13.5. The van der Waals surface area contributed by atoms with E-state index < -0.39 is 0 Å². The zero-order chi connectivity index (χ0) is 21.5. The number of carbonyl (C=O) groups is 1. The van der Waals surface area contributed by atoms with Crippen molar-refractivity contribution in [3.8, 4) is 5.75 Å². The smallest absolute Gasteiger partial charge is 0.256 e. The Kier molecular flexibility index (Phi) is 5.59. The molecule has 2 heterocycles. The minimum Gasteiger partial charge on any atom is -0.495 e. The van der Waals surface area contributed by atoms with Crippen LogP contribution in [0, 0.1) is 6.92 Å². The van der Waals surface area contributed by atoms with Crippen LogP contribution in [0.3, 0.4) is 0 Å². The van der Waals surface area contributed by atoms with Gasteiger partial charge < -0.3 is 10.1 Å². The molecule has 0 aliphatic carbocycles. The van der Waals surface area contributed by atoms with Crippen molar-refractivity contribution in [1.29, 1.82) is 0 Å². The Morgan fingerprint density at radius 3 is 2.52 bits per heavy atom. The lowest BCUT2D eigenvalue weighted by molar-refractivity contribution is 0.102. The number of fused-ring (bicyclic) bond motifs is 1. The van der Waals surface area contributed by atoms with Crippen LogP contribution in [0.2, 0.25) is 5.02 Å². The minimum atomic E-state index is -0.265. The molecule has 0 atom stereocenters. The highest BCUT2D eigenvalue weighted by molar-refractivity contribution is 6.31. The maximum absolute atomic E-state index is 13.3. The summed E-state index contributed by atoms with van der Waals surface area (Å²) in [4.78, 5) is 18.2. The lowest BCUT2D eigenvalue weighted by Gasteiger charge is -2.20. The summed E-state index contributed by atoms with van der Waals surface area (Å²) < 4.78 is 7.25. The molecule has 7 heteroatoms. The number of carbonyl (C=O) groups excluding carboxylic acids is 1. The van der Waals surface area contributed by atoms with Gasteiger partial charge in [-0.3, -0.25) is 4.79 Å². The fourth-order valence-electron chi connectivity index (χ4n) is 3.22. The van der Waals surface area contributed by atoms with E-state index in [0.717, 1.165) is 16.8 Å². The quantitative estimate of drug-likeness (QED) is 0.609. The van der Waals surface area contributed by atoms with Gasteiger partial charge in [-0.05, 0) is 57.9 Å². The number of aryl methyl sites for hydroxylation is 1. The van der Waals surface area contributed by atoms with Crippen molar-refractivity contribution < 1.29 is 9.53 Å². The summed E-state index contributed by atoms with van der Waals surface area (Å²) in [6.45, 7) is 12.2. The molecule has 0 bridgehead atoms. The van der Waals surface area contributed by atoms with E-state index in [9.17, 15) is 4.79 Å². The van der Waals surface area contributed by atoms with Crippen LogP contribution in [-0.4, -0.2) is 27.8 Å². The number of amides is 1. The predicted octanol–water partition coefficient (Wildman–Crippen LogP) is 5.53. The molecule has 1 N–H and O–H groups in total. The molecule has 0 saturated heterocycles. The Morgan fingerprint density at radius 1 is 1.24 bits per heavy atom. The van der Waals surface area contributed by atoms with E-state index in [1.165, 1.54) is 0 Å². The molecule has 2 aromatic heterocycles. The van der Waals surface area contributed by atoms with E-state index >= 15 is 0 Å². The zero-order valence-electron chi connectivity index (χ0n) is 17.9. The molecule has 3 rings (SSSR count). The molecule has 0 saturated carbocycles. The number of halogens is 1. The van der Waals surface area contributed by atoms with Crippen molar-refractivity contribution in [3.05, 3.63) is 46.2 Å². The summed E-state index contributed by atoms with van der Waals surface area (Å²) in [6, 6.07) is 6.96. The van der Waals surface area contributed by atoms with Gasteiger partial charge in [-0.1, -0.05) is 25.4 Å². The normalized spacial score (nSPS) is 11.9. The van der Waals surface area contributed by atoms with Crippen LogP contribution in [0.25, 0.3) is 11.0 Å². The molecule has 154 valence electrons. The third-order valence-corrected chi connectivity index (χ3v) is 4.95. The first-order valence-corrected chi connectivity index (χ1v) is 9.96. The summed E-state index contributed by atoms with van der Waals surface area (Å²) in [7, 11) is 1.55. The average molecular weight is 415 g/mol. The minimum absolute atomic E-state index is 0.162. The van der Waals surface area contributed by atoms with Crippen LogP contribution in [0.4, 0.5) is 5.69 Å². The van der Waals surface area contributed by atoms with Gasteiger partial charge in [0.1, 0.15) is 5.75 Å². The van der Waals surface area contributed by atoms with E-state index in [0.29, 0.717) is 27.7 Å². The Balaban J connectivity index is 2.19. The number of rotatable bonds is 4. The van der Waals surface area contributed by atoms with Gasteiger partial charge in [0.2, 0.25) is 0 Å². The molecule has 0 unspecified atom stereocenters. The molecule has 1 aromatic carbocycles. The molecule has 0 spiro atoms. The highest BCUT2D eigenvalue weighted by Crippen LogP contribution is 2.31. The first-order valence-electron chi connectivity index (χ1n) is 9.58. The summed E-state index contributed by atoms with van der Waals surface area (Å²) in [5.41, 5.74) is 3.10. The van der Waals surface area contributed by atoms with Crippen LogP contribution in [0.5, 0.6) is 5.75 Å². The summed E-state index contributed by atoms with van der Waals surface area (Å²) in [5, 5.41) is 8.89. The van der Waals surface area contributed by atoms with Gasteiger partial charge >= 0.3 is 0 Å². The maximum atomic E-state index is 13.3. The van der Waals surface area contributed by atoms with E-state index in [1.807, 2.05) is 17.7 Å². The van der Waals surface area contributed by atoms with Gasteiger partial charge in [-0.25, -0.2) is 9.67 Å². The topological polar surface area (TPSA) is 69.0 Å². The third kappa shape index (κ3) is 4.08. The number of nitrogens with one attached hydrogen (secondary N) is 1. The SMILES string of the molecule is COc1ccc(Cl)cc1NC(=O)c1cc(C(C)C)nc2c1c(C)nn2C(C)(C)C. The number of benzene rings is 1. The van der Waals surface area contributed by atoms with Crippen molar-refractivity contribution in [3.63, 3.8) is 0 Å². The number of aromatic nitrogens is 3. The number of anilines is 1. The lowest BCUT2D eigenvalue weighted by atomic mass is 10.0. The van der Waals surface area contributed by atoms with Crippen LogP contribution in [-0.2, 0) is 5.54 Å². The largest absolute Gasteiger partial charge is 0.495 e. The van der Waals surface area contributed by atoms with Crippen molar-refractivity contribution in [2.24, 2.45) is 0 Å².